The quantitative estimate of drug-likeness (QED) is 0.464. The van der Waals surface area contributed by atoms with Crippen LogP contribution in [-0.4, -0.2) is 37.6 Å². The summed E-state index contributed by atoms with van der Waals surface area (Å²) in [5.74, 6) is 0. The van der Waals surface area contributed by atoms with E-state index >= 15 is 0 Å². The highest BCUT2D eigenvalue weighted by Gasteiger charge is 2.07. The van der Waals surface area contributed by atoms with Crippen LogP contribution >= 0.6 is 0 Å². The molecule has 0 aromatic carbocycles. The van der Waals surface area contributed by atoms with Gasteiger partial charge in [-0.3, -0.25) is 0 Å². The minimum absolute atomic E-state index is 1.18. The van der Waals surface area contributed by atoms with E-state index in [1.165, 1.54) is 84.1 Å². The molecule has 0 bridgehead atoms. The third-order valence-corrected chi connectivity index (χ3v) is 3.59. The fourth-order valence-corrected chi connectivity index (χ4v) is 2.44. The van der Waals surface area contributed by atoms with Crippen molar-refractivity contribution >= 4 is 0 Å². The van der Waals surface area contributed by atoms with Crippen LogP contribution in [0.4, 0.5) is 0 Å². The van der Waals surface area contributed by atoms with E-state index in [1.54, 1.807) is 0 Å². The molecule has 0 amide bonds. The summed E-state index contributed by atoms with van der Waals surface area (Å²) in [6.07, 6.45) is 13.1. The molecule has 1 aliphatic rings. The predicted molar refractivity (Wildman–Crippen MR) is 76.4 cm³/mol. The first kappa shape index (κ1) is 14.7. The topological polar surface area (TPSA) is 15.3 Å². The maximum atomic E-state index is 3.75. The molecule has 0 radical (unpaired) electrons. The highest BCUT2D eigenvalue weighted by Crippen LogP contribution is 2.09. The van der Waals surface area contributed by atoms with E-state index in [2.05, 4.69) is 16.8 Å². The Bertz CT molecular complexity index is 174. The van der Waals surface area contributed by atoms with Crippen molar-refractivity contribution < 1.29 is 0 Å². The van der Waals surface area contributed by atoms with E-state index in [-0.39, 0.29) is 0 Å². The Morgan fingerprint density at radius 3 is 2.12 bits per heavy atom. The SMILES string of the molecule is C=CCCCCCCCCCN1CCNCC1. The summed E-state index contributed by atoms with van der Waals surface area (Å²) in [5, 5.41) is 3.40. The van der Waals surface area contributed by atoms with Gasteiger partial charge in [0.25, 0.3) is 0 Å². The van der Waals surface area contributed by atoms with Crippen LogP contribution in [0.15, 0.2) is 12.7 Å². The summed E-state index contributed by atoms with van der Waals surface area (Å²) in [5.41, 5.74) is 0. The Morgan fingerprint density at radius 2 is 1.47 bits per heavy atom. The maximum absolute atomic E-state index is 3.75. The fourth-order valence-electron chi connectivity index (χ4n) is 2.44. The molecular weight excluding hydrogens is 208 g/mol. The smallest absolute Gasteiger partial charge is 0.0107 e. The summed E-state index contributed by atoms with van der Waals surface area (Å²) < 4.78 is 0. The second-order valence-electron chi connectivity index (χ2n) is 5.14. The number of piperazine rings is 1. The van der Waals surface area contributed by atoms with Gasteiger partial charge in [0.2, 0.25) is 0 Å². The Balaban J connectivity index is 1.76. The summed E-state index contributed by atoms with van der Waals surface area (Å²) in [4.78, 5) is 2.60. The lowest BCUT2D eigenvalue weighted by Crippen LogP contribution is -2.43. The van der Waals surface area contributed by atoms with Gasteiger partial charge in [0, 0.05) is 26.2 Å². The molecule has 0 spiro atoms. The molecule has 0 unspecified atom stereocenters. The fraction of sp³-hybridized carbons (Fsp3) is 0.867. The minimum Gasteiger partial charge on any atom is -0.314 e. The van der Waals surface area contributed by atoms with Crippen molar-refractivity contribution in [3.63, 3.8) is 0 Å². The first-order chi connectivity index (χ1) is 8.43. The third-order valence-electron chi connectivity index (χ3n) is 3.59. The highest BCUT2D eigenvalue weighted by atomic mass is 15.2. The average Bonchev–Trinajstić information content (AvgIpc) is 2.38. The molecule has 0 aliphatic carbocycles. The van der Waals surface area contributed by atoms with E-state index < -0.39 is 0 Å². The molecule has 17 heavy (non-hydrogen) atoms. The van der Waals surface area contributed by atoms with Crippen molar-refractivity contribution in [2.75, 3.05) is 32.7 Å². The molecule has 1 heterocycles. The zero-order chi connectivity index (χ0) is 12.2. The van der Waals surface area contributed by atoms with E-state index in [1.807, 2.05) is 6.08 Å². The van der Waals surface area contributed by atoms with Gasteiger partial charge in [-0.2, -0.15) is 0 Å². The van der Waals surface area contributed by atoms with Crippen LogP contribution in [0.2, 0.25) is 0 Å². The Labute approximate surface area is 107 Å². The lowest BCUT2D eigenvalue weighted by molar-refractivity contribution is 0.236. The molecule has 1 rings (SSSR count). The van der Waals surface area contributed by atoms with Crippen molar-refractivity contribution in [1.29, 1.82) is 0 Å². The number of hydrogen-bond acceptors (Lipinski definition) is 2. The van der Waals surface area contributed by atoms with Crippen LogP contribution < -0.4 is 5.32 Å². The molecule has 1 N–H and O–H groups in total. The zero-order valence-electron chi connectivity index (χ0n) is 11.4. The van der Waals surface area contributed by atoms with Crippen molar-refractivity contribution in [2.45, 2.75) is 51.4 Å². The van der Waals surface area contributed by atoms with Crippen LogP contribution in [0.5, 0.6) is 0 Å². The van der Waals surface area contributed by atoms with Crippen molar-refractivity contribution in [3.05, 3.63) is 12.7 Å². The zero-order valence-corrected chi connectivity index (χ0v) is 11.4. The Hall–Kier alpha value is -0.340. The van der Waals surface area contributed by atoms with E-state index in [0.717, 1.165) is 0 Å². The van der Waals surface area contributed by atoms with Crippen LogP contribution in [-0.2, 0) is 0 Å². The van der Waals surface area contributed by atoms with Crippen LogP contribution in [0.25, 0.3) is 0 Å². The summed E-state index contributed by atoms with van der Waals surface area (Å²) in [6, 6.07) is 0. The molecule has 0 saturated carbocycles. The van der Waals surface area contributed by atoms with E-state index in [9.17, 15) is 0 Å². The highest BCUT2D eigenvalue weighted by molar-refractivity contribution is 4.67. The molecule has 1 aliphatic heterocycles. The van der Waals surface area contributed by atoms with Crippen LogP contribution in [0.3, 0.4) is 0 Å². The maximum Gasteiger partial charge on any atom is 0.0107 e. The number of hydrogen-bond donors (Lipinski definition) is 1. The van der Waals surface area contributed by atoms with Crippen LogP contribution in [0.1, 0.15) is 51.4 Å². The molecule has 1 saturated heterocycles. The molecular formula is C15H30N2. The van der Waals surface area contributed by atoms with Crippen molar-refractivity contribution in [3.8, 4) is 0 Å². The monoisotopic (exact) mass is 238 g/mol. The van der Waals surface area contributed by atoms with Crippen molar-refractivity contribution in [1.82, 2.24) is 10.2 Å². The average molecular weight is 238 g/mol. The lowest BCUT2D eigenvalue weighted by Gasteiger charge is -2.27. The van der Waals surface area contributed by atoms with Gasteiger partial charge in [0.15, 0.2) is 0 Å². The van der Waals surface area contributed by atoms with Gasteiger partial charge in [-0.1, -0.05) is 38.2 Å². The van der Waals surface area contributed by atoms with E-state index in [4.69, 9.17) is 0 Å². The third kappa shape index (κ3) is 8.39. The first-order valence-electron chi connectivity index (χ1n) is 7.47. The molecule has 100 valence electrons. The number of allylic oxidation sites excluding steroid dienone is 1. The van der Waals surface area contributed by atoms with Crippen LogP contribution in [0, 0.1) is 0 Å². The lowest BCUT2D eigenvalue weighted by atomic mass is 10.1. The normalized spacial score (nSPS) is 17.2. The Kier molecular flexibility index (Phi) is 9.34. The number of rotatable bonds is 10. The summed E-state index contributed by atoms with van der Waals surface area (Å²) in [6.45, 7) is 9.94. The van der Waals surface area contributed by atoms with E-state index in [0.29, 0.717) is 0 Å². The predicted octanol–water partition coefficient (Wildman–Crippen LogP) is 3.20. The second-order valence-corrected chi connectivity index (χ2v) is 5.14. The molecule has 2 heteroatoms. The molecule has 0 aromatic rings. The van der Waals surface area contributed by atoms with Gasteiger partial charge in [0.1, 0.15) is 0 Å². The number of nitrogens with zero attached hydrogens (tertiary/aromatic N) is 1. The second kappa shape index (κ2) is 10.8. The molecule has 0 atom stereocenters. The summed E-state index contributed by atoms with van der Waals surface area (Å²) in [7, 11) is 0. The van der Waals surface area contributed by atoms with Gasteiger partial charge in [-0.25, -0.2) is 0 Å². The Morgan fingerprint density at radius 1 is 0.882 bits per heavy atom. The molecule has 2 nitrogen and oxygen atoms in total. The molecule has 0 aromatic heterocycles. The first-order valence-corrected chi connectivity index (χ1v) is 7.47. The van der Waals surface area contributed by atoms with Gasteiger partial charge in [0.05, 0.1) is 0 Å². The minimum atomic E-state index is 1.18. The van der Waals surface area contributed by atoms with Gasteiger partial charge >= 0.3 is 0 Å². The van der Waals surface area contributed by atoms with Gasteiger partial charge < -0.3 is 10.2 Å². The van der Waals surface area contributed by atoms with Crippen molar-refractivity contribution in [2.24, 2.45) is 0 Å². The standard InChI is InChI=1S/C15H30N2/c1-2-3-4-5-6-7-8-9-10-13-17-14-11-16-12-15-17/h2,16H,1,3-15H2. The number of nitrogens with one attached hydrogen (secondary N) is 1. The molecule has 1 fully saturated rings. The summed E-state index contributed by atoms with van der Waals surface area (Å²) >= 11 is 0. The number of unbranched alkanes of at least 4 members (excludes halogenated alkanes) is 7. The van der Waals surface area contributed by atoms with Gasteiger partial charge in [-0.15, -0.1) is 6.58 Å². The van der Waals surface area contributed by atoms with Gasteiger partial charge in [-0.05, 0) is 25.8 Å². The largest absolute Gasteiger partial charge is 0.314 e.